The van der Waals surface area contributed by atoms with Gasteiger partial charge in [-0.1, -0.05) is 0 Å². The Balaban J connectivity index is 1.65. The van der Waals surface area contributed by atoms with Gasteiger partial charge in [0.05, 0.1) is 19.1 Å². The maximum Gasteiger partial charge on any atom is 0.269 e. The van der Waals surface area contributed by atoms with Gasteiger partial charge in [0.15, 0.2) is 11.5 Å². The van der Waals surface area contributed by atoms with Crippen LogP contribution in [0.2, 0.25) is 0 Å². The highest BCUT2D eigenvalue weighted by Crippen LogP contribution is 2.39. The highest BCUT2D eigenvalue weighted by Gasteiger charge is 2.18. The van der Waals surface area contributed by atoms with Gasteiger partial charge in [-0.25, -0.2) is 4.98 Å². The van der Waals surface area contributed by atoms with E-state index in [0.29, 0.717) is 35.0 Å². The van der Waals surface area contributed by atoms with Gasteiger partial charge in [0.2, 0.25) is 11.7 Å². The van der Waals surface area contributed by atoms with Crippen LogP contribution < -0.4 is 30.4 Å². The highest BCUT2D eigenvalue weighted by molar-refractivity contribution is 5.55. The van der Waals surface area contributed by atoms with E-state index in [1.807, 2.05) is 0 Å². The van der Waals surface area contributed by atoms with Crippen LogP contribution in [0.5, 0.6) is 23.0 Å². The lowest BCUT2D eigenvalue weighted by Gasteiger charge is -2.18. The minimum atomic E-state index is -0.990. The summed E-state index contributed by atoms with van der Waals surface area (Å²) in [5.74, 6) is 1.86. The van der Waals surface area contributed by atoms with Gasteiger partial charge in [0, 0.05) is 30.3 Å². The second kappa shape index (κ2) is 11.0. The first-order chi connectivity index (χ1) is 16.3. The molecule has 1 heterocycles. The maximum atomic E-state index is 10.7. The fourth-order valence-corrected chi connectivity index (χ4v) is 3.05. The van der Waals surface area contributed by atoms with Gasteiger partial charge < -0.3 is 35.5 Å². The third kappa shape index (κ3) is 6.13. The van der Waals surface area contributed by atoms with Crippen molar-refractivity contribution in [1.29, 1.82) is 0 Å². The number of anilines is 2. The molecule has 1 atom stereocenters. The summed E-state index contributed by atoms with van der Waals surface area (Å²) in [6.07, 6.45) is 0.976. The SMILES string of the molecule is COc1cc(Cc2cnc(N)nc2N)cc(OC)c1OCC(O)COc1ccc([N+](=O)[O-])cc1. The first-order valence-corrected chi connectivity index (χ1v) is 10.1. The van der Waals surface area contributed by atoms with E-state index in [0.717, 1.165) is 5.56 Å². The van der Waals surface area contributed by atoms with E-state index in [4.69, 9.17) is 30.4 Å². The smallest absolute Gasteiger partial charge is 0.269 e. The number of hydrogen-bond acceptors (Lipinski definition) is 11. The molecule has 0 saturated heterocycles. The molecule has 2 aromatic carbocycles. The van der Waals surface area contributed by atoms with Gasteiger partial charge in [0.25, 0.3) is 5.69 Å². The van der Waals surface area contributed by atoms with Crippen molar-refractivity contribution in [2.45, 2.75) is 12.5 Å². The quantitative estimate of drug-likeness (QED) is 0.275. The summed E-state index contributed by atoms with van der Waals surface area (Å²) in [5.41, 5.74) is 12.9. The molecular weight excluding hydrogens is 446 g/mol. The summed E-state index contributed by atoms with van der Waals surface area (Å²) in [5, 5.41) is 21.0. The first-order valence-electron chi connectivity index (χ1n) is 10.1. The van der Waals surface area contributed by atoms with Crippen molar-refractivity contribution in [1.82, 2.24) is 9.97 Å². The minimum absolute atomic E-state index is 0.0505. The Bertz CT molecular complexity index is 1120. The molecule has 0 spiro atoms. The van der Waals surface area contributed by atoms with Crippen LogP contribution in [0.15, 0.2) is 42.6 Å². The normalized spacial score (nSPS) is 11.5. The topological polar surface area (TPSA) is 178 Å². The van der Waals surface area contributed by atoms with Gasteiger partial charge in [-0.05, 0) is 29.8 Å². The van der Waals surface area contributed by atoms with Gasteiger partial charge >= 0.3 is 0 Å². The van der Waals surface area contributed by atoms with E-state index in [9.17, 15) is 15.2 Å². The van der Waals surface area contributed by atoms with Crippen LogP contribution in [0.3, 0.4) is 0 Å². The minimum Gasteiger partial charge on any atom is -0.493 e. The molecule has 0 aliphatic rings. The molecule has 5 N–H and O–H groups in total. The molecular formula is C22H25N5O7. The summed E-state index contributed by atoms with van der Waals surface area (Å²) >= 11 is 0. The number of aliphatic hydroxyl groups is 1. The summed E-state index contributed by atoms with van der Waals surface area (Å²) < 4.78 is 22.1. The van der Waals surface area contributed by atoms with Crippen molar-refractivity contribution in [2.24, 2.45) is 0 Å². The summed E-state index contributed by atoms with van der Waals surface area (Å²) in [4.78, 5) is 18.1. The van der Waals surface area contributed by atoms with Crippen molar-refractivity contribution in [3.8, 4) is 23.0 Å². The Morgan fingerprint density at radius 3 is 2.24 bits per heavy atom. The zero-order valence-corrected chi connectivity index (χ0v) is 18.6. The fraction of sp³-hybridized carbons (Fsp3) is 0.273. The average molecular weight is 471 g/mol. The second-order valence-corrected chi connectivity index (χ2v) is 7.17. The molecule has 12 nitrogen and oxygen atoms in total. The van der Waals surface area contributed by atoms with Crippen molar-refractivity contribution in [3.63, 3.8) is 0 Å². The number of rotatable bonds is 11. The Morgan fingerprint density at radius 2 is 1.68 bits per heavy atom. The molecule has 12 heteroatoms. The molecule has 1 unspecified atom stereocenters. The van der Waals surface area contributed by atoms with Gasteiger partial charge in [-0.3, -0.25) is 10.1 Å². The largest absolute Gasteiger partial charge is 0.493 e. The third-order valence-electron chi connectivity index (χ3n) is 4.74. The van der Waals surface area contributed by atoms with Crippen molar-refractivity contribution in [2.75, 3.05) is 38.9 Å². The molecule has 0 aliphatic carbocycles. The van der Waals surface area contributed by atoms with Crippen LogP contribution in [0, 0.1) is 10.1 Å². The number of methoxy groups -OCH3 is 2. The Kier molecular flexibility index (Phi) is 7.88. The number of non-ortho nitro benzene ring substituents is 1. The van der Waals surface area contributed by atoms with Crippen LogP contribution >= 0.6 is 0 Å². The number of aliphatic hydroxyl groups excluding tert-OH is 1. The van der Waals surface area contributed by atoms with Gasteiger partial charge in [-0.15, -0.1) is 0 Å². The molecule has 0 bridgehead atoms. The Morgan fingerprint density at radius 1 is 1.06 bits per heavy atom. The van der Waals surface area contributed by atoms with Crippen LogP contribution in [-0.4, -0.2) is 53.5 Å². The molecule has 3 rings (SSSR count). The number of aromatic nitrogens is 2. The molecule has 3 aromatic rings. The maximum absolute atomic E-state index is 10.7. The van der Waals surface area contributed by atoms with Crippen molar-refractivity contribution >= 4 is 17.5 Å². The molecule has 1 aromatic heterocycles. The van der Waals surface area contributed by atoms with E-state index in [1.54, 1.807) is 18.3 Å². The number of nitrogen functional groups attached to an aromatic ring is 2. The van der Waals surface area contributed by atoms with E-state index < -0.39 is 11.0 Å². The van der Waals surface area contributed by atoms with E-state index >= 15 is 0 Å². The monoisotopic (exact) mass is 471 g/mol. The zero-order valence-electron chi connectivity index (χ0n) is 18.6. The van der Waals surface area contributed by atoms with Crippen molar-refractivity contribution in [3.05, 3.63) is 63.8 Å². The zero-order chi connectivity index (χ0) is 24.7. The van der Waals surface area contributed by atoms with E-state index in [-0.39, 0.29) is 30.7 Å². The molecule has 0 saturated carbocycles. The summed E-state index contributed by atoms with van der Waals surface area (Å²) in [6.45, 7) is -0.200. The van der Waals surface area contributed by atoms with Crippen molar-refractivity contribution < 1.29 is 29.0 Å². The number of nitrogens with zero attached hydrogens (tertiary/aromatic N) is 3. The second-order valence-electron chi connectivity index (χ2n) is 7.17. The molecule has 0 aliphatic heterocycles. The molecule has 0 fully saturated rings. The Hall–Kier alpha value is -4.32. The lowest BCUT2D eigenvalue weighted by Crippen LogP contribution is -2.25. The van der Waals surface area contributed by atoms with Gasteiger partial charge in [0.1, 0.15) is 30.9 Å². The van der Waals surface area contributed by atoms with Gasteiger partial charge in [-0.2, -0.15) is 4.98 Å². The van der Waals surface area contributed by atoms with Crippen LogP contribution in [-0.2, 0) is 6.42 Å². The van der Waals surface area contributed by atoms with E-state index in [2.05, 4.69) is 9.97 Å². The van der Waals surface area contributed by atoms with Crippen LogP contribution in [0.4, 0.5) is 17.5 Å². The lowest BCUT2D eigenvalue weighted by atomic mass is 10.1. The molecule has 0 amide bonds. The summed E-state index contributed by atoms with van der Waals surface area (Å²) in [7, 11) is 2.97. The number of nitro benzene ring substituents is 1. The highest BCUT2D eigenvalue weighted by atomic mass is 16.6. The Labute approximate surface area is 195 Å². The number of nitrogens with two attached hydrogens (primary N) is 2. The van der Waals surface area contributed by atoms with Crippen LogP contribution in [0.25, 0.3) is 0 Å². The predicted octanol–water partition coefficient (Wildman–Crippen LogP) is 1.98. The third-order valence-corrected chi connectivity index (χ3v) is 4.74. The molecule has 180 valence electrons. The molecule has 0 radical (unpaired) electrons. The summed E-state index contributed by atoms with van der Waals surface area (Å²) in [6, 6.07) is 9.06. The fourth-order valence-electron chi connectivity index (χ4n) is 3.05. The van der Waals surface area contributed by atoms with E-state index in [1.165, 1.54) is 38.5 Å². The first kappa shape index (κ1) is 24.3. The average Bonchev–Trinajstić information content (AvgIpc) is 2.83. The number of benzene rings is 2. The number of ether oxygens (including phenoxy) is 4. The van der Waals surface area contributed by atoms with Crippen LogP contribution in [0.1, 0.15) is 11.1 Å². The standard InChI is InChI=1S/C22H25N5O7/c1-31-18-8-13(7-14-10-25-22(24)26-21(14)23)9-19(32-2)20(18)34-12-16(28)11-33-17-5-3-15(4-6-17)27(29)30/h3-6,8-10,16,28H,7,11-12H2,1-2H3,(H4,23,24,25,26). The predicted molar refractivity (Wildman–Crippen MR) is 123 cm³/mol. The molecule has 34 heavy (non-hydrogen) atoms. The lowest BCUT2D eigenvalue weighted by molar-refractivity contribution is -0.384. The number of nitro groups is 1. The number of hydrogen-bond donors (Lipinski definition) is 3.